The summed E-state index contributed by atoms with van der Waals surface area (Å²) in [5, 5.41) is 8.18. The Balaban J connectivity index is 1.53. The molecule has 1 saturated heterocycles. The van der Waals surface area contributed by atoms with E-state index in [9.17, 15) is 0 Å². The molecule has 0 radical (unpaired) electrons. The summed E-state index contributed by atoms with van der Waals surface area (Å²) in [7, 11) is 0. The van der Waals surface area contributed by atoms with Crippen molar-refractivity contribution in [2.24, 2.45) is 0 Å². The molecule has 2 aromatic heterocycles. The molecule has 0 amide bonds. The van der Waals surface area contributed by atoms with E-state index < -0.39 is 0 Å². The third-order valence-electron chi connectivity index (χ3n) is 3.03. The van der Waals surface area contributed by atoms with Crippen molar-refractivity contribution in [3.05, 3.63) is 30.6 Å². The summed E-state index contributed by atoms with van der Waals surface area (Å²) in [5.41, 5.74) is 1.61. The Kier molecular flexibility index (Phi) is 3.81. The van der Waals surface area contributed by atoms with Crippen LogP contribution in [0.2, 0.25) is 0 Å². The van der Waals surface area contributed by atoms with Gasteiger partial charge in [-0.05, 0) is 18.6 Å². The van der Waals surface area contributed by atoms with Crippen molar-refractivity contribution in [2.75, 3.05) is 19.8 Å². The van der Waals surface area contributed by atoms with Crippen LogP contribution in [0.4, 0.5) is 0 Å². The van der Waals surface area contributed by atoms with E-state index >= 15 is 0 Å². The van der Waals surface area contributed by atoms with E-state index in [0.717, 1.165) is 24.4 Å². The highest BCUT2D eigenvalue weighted by molar-refractivity contribution is 5.51. The fraction of sp³-hybridized carbons (Fsp3) is 0.462. The van der Waals surface area contributed by atoms with E-state index in [4.69, 9.17) is 9.47 Å². The zero-order valence-electron chi connectivity index (χ0n) is 10.6. The van der Waals surface area contributed by atoms with Crippen LogP contribution in [0.15, 0.2) is 30.6 Å². The van der Waals surface area contributed by atoms with Gasteiger partial charge in [-0.15, -0.1) is 5.10 Å². The maximum atomic E-state index is 5.69. The number of pyridine rings is 1. The summed E-state index contributed by atoms with van der Waals surface area (Å²) < 4.78 is 12.7. The smallest absolute Gasteiger partial charge is 0.131 e. The number of rotatable bonds is 5. The largest absolute Gasteiger partial charge is 0.379 e. The Morgan fingerprint density at radius 2 is 2.37 bits per heavy atom. The molecule has 1 fully saturated rings. The molecular weight excluding hydrogens is 244 g/mol. The van der Waals surface area contributed by atoms with Gasteiger partial charge in [-0.25, -0.2) is 4.68 Å². The molecule has 100 valence electrons. The van der Waals surface area contributed by atoms with E-state index in [1.54, 1.807) is 10.9 Å². The van der Waals surface area contributed by atoms with Gasteiger partial charge in [0.05, 0.1) is 37.8 Å². The molecule has 6 nitrogen and oxygen atoms in total. The fourth-order valence-electron chi connectivity index (χ4n) is 2.00. The molecule has 19 heavy (non-hydrogen) atoms. The van der Waals surface area contributed by atoms with Crippen molar-refractivity contribution in [3.8, 4) is 11.4 Å². The minimum atomic E-state index is 0.235. The molecular formula is C13H16N4O2. The van der Waals surface area contributed by atoms with Gasteiger partial charge in [0.1, 0.15) is 5.69 Å². The molecule has 6 heteroatoms. The van der Waals surface area contributed by atoms with Crippen molar-refractivity contribution in [3.63, 3.8) is 0 Å². The average molecular weight is 260 g/mol. The second-order valence-corrected chi connectivity index (χ2v) is 4.44. The van der Waals surface area contributed by atoms with Gasteiger partial charge in [-0.3, -0.25) is 4.98 Å². The zero-order chi connectivity index (χ0) is 12.9. The number of aromatic nitrogens is 4. The van der Waals surface area contributed by atoms with Gasteiger partial charge in [0.15, 0.2) is 0 Å². The predicted molar refractivity (Wildman–Crippen MR) is 68.4 cm³/mol. The first kappa shape index (κ1) is 12.3. The van der Waals surface area contributed by atoms with Gasteiger partial charge < -0.3 is 9.47 Å². The standard InChI is InChI=1S/C13H16N4O2/c1-2-5-14-12(3-1)13-9-17(16-15-13)6-8-19-11-4-7-18-10-11/h1-3,5,9,11H,4,6-8,10H2. The first-order chi connectivity index (χ1) is 9.42. The van der Waals surface area contributed by atoms with Crippen molar-refractivity contribution < 1.29 is 9.47 Å². The molecule has 0 aliphatic carbocycles. The fourth-order valence-corrected chi connectivity index (χ4v) is 2.00. The van der Waals surface area contributed by atoms with Crippen LogP contribution in [0.1, 0.15) is 6.42 Å². The number of nitrogens with zero attached hydrogens (tertiary/aromatic N) is 4. The molecule has 1 unspecified atom stereocenters. The van der Waals surface area contributed by atoms with Gasteiger partial charge in [0.2, 0.25) is 0 Å². The summed E-state index contributed by atoms with van der Waals surface area (Å²) in [6.07, 6.45) is 4.85. The van der Waals surface area contributed by atoms with Crippen LogP contribution in [0, 0.1) is 0 Å². The number of ether oxygens (including phenoxy) is 2. The second-order valence-electron chi connectivity index (χ2n) is 4.44. The molecule has 1 aliphatic heterocycles. The van der Waals surface area contributed by atoms with Crippen molar-refractivity contribution in [2.45, 2.75) is 19.1 Å². The molecule has 0 spiro atoms. The number of hydrogen-bond acceptors (Lipinski definition) is 5. The highest BCUT2D eigenvalue weighted by atomic mass is 16.5. The average Bonchev–Trinajstić information content (AvgIpc) is 3.11. The van der Waals surface area contributed by atoms with Crippen LogP contribution in [-0.4, -0.2) is 45.9 Å². The van der Waals surface area contributed by atoms with Gasteiger partial charge in [0, 0.05) is 12.8 Å². The summed E-state index contributed by atoms with van der Waals surface area (Å²) in [5.74, 6) is 0. The third kappa shape index (κ3) is 3.15. The van der Waals surface area contributed by atoms with Crippen LogP contribution < -0.4 is 0 Å². The predicted octanol–water partition coefficient (Wildman–Crippen LogP) is 1.15. The van der Waals surface area contributed by atoms with Crippen LogP contribution in [0.25, 0.3) is 11.4 Å². The van der Waals surface area contributed by atoms with Crippen LogP contribution in [-0.2, 0) is 16.0 Å². The number of hydrogen-bond donors (Lipinski definition) is 0. The lowest BCUT2D eigenvalue weighted by atomic mass is 10.3. The van der Waals surface area contributed by atoms with Crippen molar-refractivity contribution >= 4 is 0 Å². The summed E-state index contributed by atoms with van der Waals surface area (Å²) >= 11 is 0. The normalized spacial score (nSPS) is 18.8. The van der Waals surface area contributed by atoms with Crippen molar-refractivity contribution in [1.29, 1.82) is 0 Å². The minimum Gasteiger partial charge on any atom is -0.379 e. The second kappa shape index (κ2) is 5.90. The first-order valence-electron chi connectivity index (χ1n) is 6.43. The van der Waals surface area contributed by atoms with E-state index in [-0.39, 0.29) is 6.10 Å². The highest BCUT2D eigenvalue weighted by Gasteiger charge is 2.15. The molecule has 0 aromatic carbocycles. The SMILES string of the molecule is c1ccc(-c2cn(CCOC3CCOC3)nn2)nc1. The van der Waals surface area contributed by atoms with Gasteiger partial charge in [0.25, 0.3) is 0 Å². The third-order valence-corrected chi connectivity index (χ3v) is 3.03. The van der Waals surface area contributed by atoms with E-state index in [2.05, 4.69) is 15.3 Å². The maximum absolute atomic E-state index is 5.69. The Bertz CT molecular complexity index is 508. The Labute approximate surface area is 111 Å². The maximum Gasteiger partial charge on any atom is 0.131 e. The molecule has 3 heterocycles. The summed E-state index contributed by atoms with van der Waals surface area (Å²) in [6.45, 7) is 2.82. The van der Waals surface area contributed by atoms with Crippen molar-refractivity contribution in [1.82, 2.24) is 20.0 Å². The highest BCUT2D eigenvalue weighted by Crippen LogP contribution is 2.12. The first-order valence-corrected chi connectivity index (χ1v) is 6.43. The van der Waals surface area contributed by atoms with Gasteiger partial charge in [-0.1, -0.05) is 11.3 Å². The zero-order valence-corrected chi connectivity index (χ0v) is 10.6. The molecule has 1 atom stereocenters. The lowest BCUT2D eigenvalue weighted by Gasteiger charge is -2.08. The molecule has 0 bridgehead atoms. The van der Waals surface area contributed by atoms with Gasteiger partial charge >= 0.3 is 0 Å². The van der Waals surface area contributed by atoms with E-state index in [1.165, 1.54) is 0 Å². The Morgan fingerprint density at radius 3 is 3.16 bits per heavy atom. The molecule has 2 aromatic rings. The van der Waals surface area contributed by atoms with Crippen LogP contribution in [0.5, 0.6) is 0 Å². The Hall–Kier alpha value is -1.79. The van der Waals surface area contributed by atoms with Crippen LogP contribution >= 0.6 is 0 Å². The van der Waals surface area contributed by atoms with Crippen LogP contribution in [0.3, 0.4) is 0 Å². The minimum absolute atomic E-state index is 0.235. The molecule has 0 saturated carbocycles. The van der Waals surface area contributed by atoms with E-state index in [0.29, 0.717) is 19.8 Å². The van der Waals surface area contributed by atoms with E-state index in [1.807, 2.05) is 24.4 Å². The summed E-state index contributed by atoms with van der Waals surface area (Å²) in [4.78, 5) is 4.24. The molecule has 1 aliphatic rings. The lowest BCUT2D eigenvalue weighted by molar-refractivity contribution is 0.0369. The molecule has 0 N–H and O–H groups in total. The summed E-state index contributed by atoms with van der Waals surface area (Å²) in [6, 6.07) is 5.73. The lowest BCUT2D eigenvalue weighted by Crippen LogP contribution is -2.16. The van der Waals surface area contributed by atoms with Gasteiger partial charge in [-0.2, -0.15) is 0 Å². The topological polar surface area (TPSA) is 62.1 Å². The quantitative estimate of drug-likeness (QED) is 0.807. The monoisotopic (exact) mass is 260 g/mol. The Morgan fingerprint density at radius 1 is 1.37 bits per heavy atom. The molecule has 3 rings (SSSR count).